The molecule has 1 saturated heterocycles. The molecule has 3 rings (SSSR count). The quantitative estimate of drug-likeness (QED) is 0.857. The summed E-state index contributed by atoms with van der Waals surface area (Å²) in [5.74, 6) is 1.60. The van der Waals surface area contributed by atoms with E-state index in [-0.39, 0.29) is 0 Å². The van der Waals surface area contributed by atoms with Crippen LogP contribution < -0.4 is 0 Å². The van der Waals surface area contributed by atoms with Crippen LogP contribution in [0.3, 0.4) is 0 Å². The third-order valence-corrected chi connectivity index (χ3v) is 4.92. The molecule has 1 aromatic heterocycles. The fourth-order valence-corrected chi connectivity index (χ4v) is 3.57. The predicted molar refractivity (Wildman–Crippen MR) is 89.1 cm³/mol. The van der Waals surface area contributed by atoms with Gasteiger partial charge in [0.05, 0.1) is 0 Å². The number of aromatic nitrogens is 3. The summed E-state index contributed by atoms with van der Waals surface area (Å²) in [5.41, 5.74) is 1.28. The molecule has 22 heavy (non-hydrogen) atoms. The second-order valence-electron chi connectivity index (χ2n) is 6.04. The molecule has 2 heterocycles. The standard InChI is InChI=1S/C17H23ClN4/c1-3-21-12-19-20-17(21)15-7-5-9-22(11-15)13(2)14-6-4-8-16(18)10-14/h4,6,8,10,12-13,15H,3,5,7,9,11H2,1-2H3/t13-,15-/m0/s1. The first-order valence-electron chi connectivity index (χ1n) is 8.06. The Hall–Kier alpha value is -1.39. The van der Waals surface area contributed by atoms with Crippen molar-refractivity contribution in [2.75, 3.05) is 13.1 Å². The molecule has 0 unspecified atom stereocenters. The molecule has 2 aromatic rings. The highest BCUT2D eigenvalue weighted by atomic mass is 35.5. The summed E-state index contributed by atoms with van der Waals surface area (Å²) < 4.78 is 2.16. The van der Waals surface area contributed by atoms with Crippen LogP contribution in [0.1, 0.15) is 50.0 Å². The van der Waals surface area contributed by atoms with Crippen molar-refractivity contribution in [1.82, 2.24) is 19.7 Å². The van der Waals surface area contributed by atoms with E-state index in [1.165, 1.54) is 18.4 Å². The van der Waals surface area contributed by atoms with E-state index in [4.69, 9.17) is 11.6 Å². The molecule has 0 amide bonds. The van der Waals surface area contributed by atoms with Crippen molar-refractivity contribution in [2.24, 2.45) is 0 Å². The van der Waals surface area contributed by atoms with Crippen LogP contribution in [0, 0.1) is 0 Å². The maximum atomic E-state index is 6.14. The van der Waals surface area contributed by atoms with Gasteiger partial charge in [-0.05, 0) is 50.9 Å². The first-order chi connectivity index (χ1) is 10.7. The van der Waals surface area contributed by atoms with Crippen molar-refractivity contribution in [1.29, 1.82) is 0 Å². The van der Waals surface area contributed by atoms with E-state index < -0.39 is 0 Å². The van der Waals surface area contributed by atoms with Crippen LogP contribution in [0.4, 0.5) is 0 Å². The normalized spacial score (nSPS) is 21.0. The Bertz CT molecular complexity index is 625. The molecule has 0 bridgehead atoms. The van der Waals surface area contributed by atoms with E-state index >= 15 is 0 Å². The molecule has 1 aliphatic heterocycles. The number of halogens is 1. The molecule has 0 saturated carbocycles. The zero-order chi connectivity index (χ0) is 15.5. The maximum absolute atomic E-state index is 6.14. The van der Waals surface area contributed by atoms with Gasteiger partial charge in [0.15, 0.2) is 0 Å². The number of hydrogen-bond donors (Lipinski definition) is 0. The van der Waals surface area contributed by atoms with Crippen LogP contribution in [-0.2, 0) is 6.54 Å². The zero-order valence-corrected chi connectivity index (χ0v) is 14.0. The summed E-state index contributed by atoms with van der Waals surface area (Å²) in [6.07, 6.45) is 4.23. The van der Waals surface area contributed by atoms with Crippen LogP contribution >= 0.6 is 11.6 Å². The zero-order valence-electron chi connectivity index (χ0n) is 13.2. The number of likely N-dealkylation sites (tertiary alicyclic amines) is 1. The van der Waals surface area contributed by atoms with Crippen LogP contribution in [0.2, 0.25) is 5.02 Å². The lowest BCUT2D eigenvalue weighted by molar-refractivity contribution is 0.154. The molecule has 4 nitrogen and oxygen atoms in total. The van der Waals surface area contributed by atoms with Crippen LogP contribution in [-0.4, -0.2) is 32.8 Å². The first-order valence-corrected chi connectivity index (χ1v) is 8.44. The summed E-state index contributed by atoms with van der Waals surface area (Å²) in [6.45, 7) is 7.50. The summed E-state index contributed by atoms with van der Waals surface area (Å²) in [6, 6.07) is 8.57. The average Bonchev–Trinajstić information content (AvgIpc) is 3.03. The van der Waals surface area contributed by atoms with E-state index in [0.717, 1.165) is 30.5 Å². The second-order valence-corrected chi connectivity index (χ2v) is 6.48. The van der Waals surface area contributed by atoms with Crippen molar-refractivity contribution in [3.63, 3.8) is 0 Å². The Morgan fingerprint density at radius 3 is 3.05 bits per heavy atom. The summed E-state index contributed by atoms with van der Waals surface area (Å²) >= 11 is 6.14. The summed E-state index contributed by atoms with van der Waals surface area (Å²) in [4.78, 5) is 2.54. The van der Waals surface area contributed by atoms with E-state index in [1.807, 2.05) is 18.5 Å². The fraction of sp³-hybridized carbons (Fsp3) is 0.529. The number of hydrogen-bond acceptors (Lipinski definition) is 3. The number of benzene rings is 1. The molecule has 0 N–H and O–H groups in total. The van der Waals surface area contributed by atoms with Gasteiger partial charge in [0, 0.05) is 30.1 Å². The molecular formula is C17H23ClN4. The molecule has 0 spiro atoms. The molecule has 5 heteroatoms. The lowest BCUT2D eigenvalue weighted by atomic mass is 9.94. The highest BCUT2D eigenvalue weighted by molar-refractivity contribution is 6.30. The molecule has 0 aliphatic carbocycles. The number of rotatable bonds is 4. The Labute approximate surface area is 137 Å². The van der Waals surface area contributed by atoms with E-state index in [9.17, 15) is 0 Å². The third-order valence-electron chi connectivity index (χ3n) is 4.68. The fourth-order valence-electron chi connectivity index (χ4n) is 3.37. The number of nitrogens with zero attached hydrogens (tertiary/aromatic N) is 4. The van der Waals surface area contributed by atoms with E-state index in [2.05, 4.69) is 45.6 Å². The molecule has 0 radical (unpaired) electrons. The van der Waals surface area contributed by atoms with Crippen LogP contribution in [0.15, 0.2) is 30.6 Å². The van der Waals surface area contributed by atoms with Gasteiger partial charge >= 0.3 is 0 Å². The molecular weight excluding hydrogens is 296 g/mol. The average molecular weight is 319 g/mol. The van der Waals surface area contributed by atoms with Crippen molar-refractivity contribution < 1.29 is 0 Å². The molecule has 1 fully saturated rings. The van der Waals surface area contributed by atoms with Gasteiger partial charge in [0.2, 0.25) is 0 Å². The van der Waals surface area contributed by atoms with Gasteiger partial charge in [-0.15, -0.1) is 10.2 Å². The monoisotopic (exact) mass is 318 g/mol. The minimum Gasteiger partial charge on any atom is -0.318 e. The minimum absolute atomic E-state index is 0.375. The molecule has 118 valence electrons. The predicted octanol–water partition coefficient (Wildman–Crippen LogP) is 3.89. The Balaban J connectivity index is 1.75. The summed E-state index contributed by atoms with van der Waals surface area (Å²) in [5, 5.41) is 9.25. The van der Waals surface area contributed by atoms with Gasteiger partial charge in [0.25, 0.3) is 0 Å². The number of piperidine rings is 1. The molecule has 1 aliphatic rings. The van der Waals surface area contributed by atoms with E-state index in [0.29, 0.717) is 12.0 Å². The van der Waals surface area contributed by atoms with Crippen molar-refractivity contribution >= 4 is 11.6 Å². The lowest BCUT2D eigenvalue weighted by Crippen LogP contribution is -2.37. The third kappa shape index (κ3) is 3.18. The van der Waals surface area contributed by atoms with Gasteiger partial charge in [-0.3, -0.25) is 4.90 Å². The smallest absolute Gasteiger partial charge is 0.137 e. The van der Waals surface area contributed by atoms with Crippen molar-refractivity contribution in [2.45, 2.75) is 45.2 Å². The second kappa shape index (κ2) is 6.80. The molecule has 1 aromatic carbocycles. The van der Waals surface area contributed by atoms with E-state index in [1.54, 1.807) is 0 Å². The molecule has 2 atom stereocenters. The van der Waals surface area contributed by atoms with Crippen LogP contribution in [0.25, 0.3) is 0 Å². The largest absolute Gasteiger partial charge is 0.318 e. The van der Waals surface area contributed by atoms with Crippen molar-refractivity contribution in [3.05, 3.63) is 47.0 Å². The van der Waals surface area contributed by atoms with Gasteiger partial charge in [-0.2, -0.15) is 0 Å². The lowest BCUT2D eigenvalue weighted by Gasteiger charge is -2.36. The maximum Gasteiger partial charge on any atom is 0.137 e. The van der Waals surface area contributed by atoms with Gasteiger partial charge in [0.1, 0.15) is 12.2 Å². The SMILES string of the molecule is CCn1cnnc1[C@H]1CCCN([C@@H](C)c2cccc(Cl)c2)C1. The summed E-state index contributed by atoms with van der Waals surface area (Å²) in [7, 11) is 0. The number of aryl methyl sites for hydroxylation is 1. The Kier molecular flexibility index (Phi) is 4.79. The van der Waals surface area contributed by atoms with Gasteiger partial charge in [-0.25, -0.2) is 0 Å². The van der Waals surface area contributed by atoms with Gasteiger partial charge in [-0.1, -0.05) is 23.7 Å². The first kappa shape index (κ1) is 15.5. The highest BCUT2D eigenvalue weighted by Gasteiger charge is 2.28. The minimum atomic E-state index is 0.375. The highest BCUT2D eigenvalue weighted by Crippen LogP contribution is 2.31. The van der Waals surface area contributed by atoms with Gasteiger partial charge < -0.3 is 4.57 Å². The Morgan fingerprint density at radius 1 is 1.41 bits per heavy atom. The topological polar surface area (TPSA) is 34.0 Å². The Morgan fingerprint density at radius 2 is 2.27 bits per heavy atom. The van der Waals surface area contributed by atoms with Crippen molar-refractivity contribution in [3.8, 4) is 0 Å². The van der Waals surface area contributed by atoms with Crippen LogP contribution in [0.5, 0.6) is 0 Å².